The van der Waals surface area contributed by atoms with Crippen molar-refractivity contribution in [3.05, 3.63) is 29.3 Å². The van der Waals surface area contributed by atoms with Crippen LogP contribution >= 0.6 is 0 Å². The van der Waals surface area contributed by atoms with Gasteiger partial charge >= 0.3 is 5.97 Å². The van der Waals surface area contributed by atoms with E-state index in [1.165, 1.54) is 0 Å². The predicted molar refractivity (Wildman–Crippen MR) is 74.7 cm³/mol. The maximum absolute atomic E-state index is 12.2. The van der Waals surface area contributed by atoms with E-state index in [2.05, 4.69) is 20.8 Å². The van der Waals surface area contributed by atoms with E-state index in [1.54, 1.807) is 12.1 Å². The molecule has 0 fully saturated rings. The number of carbonyl (C=O) groups excluding carboxylic acids is 1. The fraction of sp³-hybridized carbons (Fsp3) is 0.533. The summed E-state index contributed by atoms with van der Waals surface area (Å²) in [4.78, 5) is 12.2. The quantitative estimate of drug-likeness (QED) is 0.612. The van der Waals surface area contributed by atoms with Crippen LogP contribution in [0.1, 0.15) is 57.5 Å². The number of nitrogens with two attached hydrogens (primary N) is 1. The highest BCUT2D eigenvalue weighted by molar-refractivity contribution is 5.92. The molecule has 3 heteroatoms. The van der Waals surface area contributed by atoms with Crippen molar-refractivity contribution in [2.45, 2.75) is 52.6 Å². The van der Waals surface area contributed by atoms with Gasteiger partial charge in [-0.25, -0.2) is 4.79 Å². The third-order valence-corrected chi connectivity index (χ3v) is 2.47. The molecule has 0 heterocycles. The zero-order valence-corrected chi connectivity index (χ0v) is 12.1. The maximum atomic E-state index is 12.2. The van der Waals surface area contributed by atoms with Crippen LogP contribution in [0.4, 0.5) is 5.69 Å². The predicted octanol–water partition coefficient (Wildman–Crippen LogP) is 3.52. The van der Waals surface area contributed by atoms with Crippen molar-refractivity contribution in [2.24, 2.45) is 0 Å². The summed E-state index contributed by atoms with van der Waals surface area (Å²) in [5, 5.41) is 0. The Balaban J connectivity index is 3.21. The summed E-state index contributed by atoms with van der Waals surface area (Å²) >= 11 is 0. The molecule has 1 aromatic rings. The lowest BCUT2D eigenvalue weighted by molar-refractivity contribution is 0.00670. The van der Waals surface area contributed by atoms with Crippen LogP contribution in [0.25, 0.3) is 0 Å². The summed E-state index contributed by atoms with van der Waals surface area (Å²) in [5.74, 6) is -0.299. The first-order valence-corrected chi connectivity index (χ1v) is 6.14. The van der Waals surface area contributed by atoms with E-state index < -0.39 is 5.60 Å². The van der Waals surface area contributed by atoms with Crippen molar-refractivity contribution < 1.29 is 9.53 Å². The third-order valence-electron chi connectivity index (χ3n) is 2.47. The van der Waals surface area contributed by atoms with Gasteiger partial charge in [0.05, 0.1) is 5.56 Å². The molecule has 100 valence electrons. The molecule has 18 heavy (non-hydrogen) atoms. The molecule has 0 aliphatic heterocycles. The number of anilines is 1. The summed E-state index contributed by atoms with van der Waals surface area (Å²) in [6.45, 7) is 11.7. The largest absolute Gasteiger partial charge is 0.456 e. The highest BCUT2D eigenvalue weighted by Gasteiger charge is 2.25. The minimum Gasteiger partial charge on any atom is -0.456 e. The summed E-state index contributed by atoms with van der Waals surface area (Å²) in [5.41, 5.74) is 7.32. The molecule has 3 nitrogen and oxygen atoms in total. The van der Waals surface area contributed by atoms with Gasteiger partial charge in [0.25, 0.3) is 0 Å². The van der Waals surface area contributed by atoms with E-state index in [0.29, 0.717) is 11.3 Å². The molecular formula is C15H23NO2. The molecule has 1 aromatic carbocycles. The SMILES string of the molecule is CC(C)(C)OC(=O)c1ccc(N)cc1C(C)(C)C. The van der Waals surface area contributed by atoms with Crippen molar-refractivity contribution in [1.82, 2.24) is 0 Å². The van der Waals surface area contributed by atoms with Gasteiger partial charge in [-0.1, -0.05) is 20.8 Å². The normalized spacial score (nSPS) is 12.3. The summed E-state index contributed by atoms with van der Waals surface area (Å²) in [6.07, 6.45) is 0. The van der Waals surface area contributed by atoms with Crippen molar-refractivity contribution >= 4 is 11.7 Å². The van der Waals surface area contributed by atoms with E-state index in [4.69, 9.17) is 10.5 Å². The van der Waals surface area contributed by atoms with Crippen LogP contribution in [-0.2, 0) is 10.2 Å². The van der Waals surface area contributed by atoms with Gasteiger partial charge in [-0.3, -0.25) is 0 Å². The zero-order valence-electron chi connectivity index (χ0n) is 12.1. The third kappa shape index (κ3) is 3.76. The van der Waals surface area contributed by atoms with Gasteiger partial charge in [0.1, 0.15) is 5.60 Å². The molecule has 0 spiro atoms. The Bertz CT molecular complexity index is 451. The van der Waals surface area contributed by atoms with Gasteiger partial charge in [-0.05, 0) is 49.9 Å². The number of rotatable bonds is 1. The molecular weight excluding hydrogens is 226 g/mol. The molecule has 0 aliphatic rings. The fourth-order valence-corrected chi connectivity index (χ4v) is 1.69. The minimum atomic E-state index is -0.492. The monoisotopic (exact) mass is 249 g/mol. The topological polar surface area (TPSA) is 52.3 Å². The Morgan fingerprint density at radius 1 is 1.11 bits per heavy atom. The first kappa shape index (κ1) is 14.6. The van der Waals surface area contributed by atoms with E-state index in [-0.39, 0.29) is 11.4 Å². The van der Waals surface area contributed by atoms with E-state index in [1.807, 2.05) is 26.8 Å². The molecule has 2 N–H and O–H groups in total. The molecule has 0 amide bonds. The van der Waals surface area contributed by atoms with E-state index in [0.717, 1.165) is 5.56 Å². The number of hydrogen-bond acceptors (Lipinski definition) is 3. The van der Waals surface area contributed by atoms with Gasteiger partial charge < -0.3 is 10.5 Å². The Kier molecular flexibility index (Phi) is 3.75. The van der Waals surface area contributed by atoms with Gasteiger partial charge in [0.2, 0.25) is 0 Å². The first-order chi connectivity index (χ1) is 8.00. The fourth-order valence-electron chi connectivity index (χ4n) is 1.69. The van der Waals surface area contributed by atoms with Gasteiger partial charge in [0.15, 0.2) is 0 Å². The highest BCUT2D eigenvalue weighted by Crippen LogP contribution is 2.29. The minimum absolute atomic E-state index is 0.151. The van der Waals surface area contributed by atoms with Crippen LogP contribution < -0.4 is 5.73 Å². The van der Waals surface area contributed by atoms with Crippen LogP contribution in [-0.4, -0.2) is 11.6 Å². The van der Waals surface area contributed by atoms with Crippen LogP contribution in [0, 0.1) is 0 Å². The van der Waals surface area contributed by atoms with Crippen LogP contribution in [0.3, 0.4) is 0 Å². The molecule has 0 saturated heterocycles. The number of carbonyl (C=O) groups is 1. The highest BCUT2D eigenvalue weighted by atomic mass is 16.6. The van der Waals surface area contributed by atoms with Crippen LogP contribution in [0.15, 0.2) is 18.2 Å². The molecule has 0 aromatic heterocycles. The summed E-state index contributed by atoms with van der Waals surface area (Å²) in [7, 11) is 0. The van der Waals surface area contributed by atoms with Gasteiger partial charge in [-0.15, -0.1) is 0 Å². The lowest BCUT2D eigenvalue weighted by Gasteiger charge is -2.25. The number of ether oxygens (including phenoxy) is 1. The first-order valence-electron chi connectivity index (χ1n) is 6.14. The molecule has 0 saturated carbocycles. The number of nitrogen functional groups attached to an aromatic ring is 1. The van der Waals surface area contributed by atoms with Gasteiger partial charge in [-0.2, -0.15) is 0 Å². The zero-order chi connectivity index (χ0) is 14.1. The second-order valence-electron chi connectivity index (χ2n) is 6.56. The smallest absolute Gasteiger partial charge is 0.338 e. The number of esters is 1. The summed E-state index contributed by atoms with van der Waals surface area (Å²) in [6, 6.07) is 5.32. The molecule has 0 radical (unpaired) electrons. The standard InChI is InChI=1S/C15H23NO2/c1-14(2,3)12-9-10(16)7-8-11(12)13(17)18-15(4,5)6/h7-9H,16H2,1-6H3. The number of benzene rings is 1. The van der Waals surface area contributed by atoms with Crippen molar-refractivity contribution in [3.8, 4) is 0 Å². The molecule has 0 unspecified atom stereocenters. The van der Waals surface area contributed by atoms with Crippen molar-refractivity contribution in [3.63, 3.8) is 0 Å². The molecule has 1 rings (SSSR count). The second kappa shape index (κ2) is 4.63. The van der Waals surface area contributed by atoms with Gasteiger partial charge in [0, 0.05) is 5.69 Å². The molecule has 0 bridgehead atoms. The Hall–Kier alpha value is -1.51. The number of hydrogen-bond donors (Lipinski definition) is 1. The Labute approximate surface area is 109 Å². The van der Waals surface area contributed by atoms with E-state index >= 15 is 0 Å². The van der Waals surface area contributed by atoms with Crippen LogP contribution in [0.5, 0.6) is 0 Å². The van der Waals surface area contributed by atoms with Crippen molar-refractivity contribution in [2.75, 3.05) is 5.73 Å². The van der Waals surface area contributed by atoms with E-state index in [9.17, 15) is 4.79 Å². The molecule has 0 atom stereocenters. The Morgan fingerprint density at radius 2 is 1.67 bits per heavy atom. The van der Waals surface area contributed by atoms with Crippen LogP contribution in [0.2, 0.25) is 0 Å². The second-order valence-corrected chi connectivity index (χ2v) is 6.56. The average Bonchev–Trinajstić information content (AvgIpc) is 2.13. The van der Waals surface area contributed by atoms with Crippen molar-refractivity contribution in [1.29, 1.82) is 0 Å². The lowest BCUT2D eigenvalue weighted by Crippen LogP contribution is -2.26. The average molecular weight is 249 g/mol. The maximum Gasteiger partial charge on any atom is 0.338 e. The molecule has 0 aliphatic carbocycles. The lowest BCUT2D eigenvalue weighted by atomic mass is 9.83. The Morgan fingerprint density at radius 3 is 2.11 bits per heavy atom. The summed E-state index contributed by atoms with van der Waals surface area (Å²) < 4.78 is 5.42.